The highest BCUT2D eigenvalue weighted by Gasteiger charge is 2.20. The molecule has 16 heavy (non-hydrogen) atoms. The van der Waals surface area contributed by atoms with Crippen molar-refractivity contribution in [3.8, 4) is 0 Å². The SMILES string of the molecule is CCc1cc(C2CNC2)cc(CC)c1C=O. The van der Waals surface area contributed by atoms with E-state index in [0.29, 0.717) is 5.92 Å². The fraction of sp³-hybridized carbons (Fsp3) is 0.500. The zero-order valence-corrected chi connectivity index (χ0v) is 10.0. The first kappa shape index (κ1) is 11.3. The summed E-state index contributed by atoms with van der Waals surface area (Å²) in [5.74, 6) is 0.649. The zero-order chi connectivity index (χ0) is 11.5. The molecular formula is C14H19NO. The van der Waals surface area contributed by atoms with E-state index in [1.54, 1.807) is 0 Å². The van der Waals surface area contributed by atoms with Crippen LogP contribution in [0.3, 0.4) is 0 Å². The van der Waals surface area contributed by atoms with E-state index in [1.807, 2.05) is 0 Å². The molecule has 86 valence electrons. The summed E-state index contributed by atoms with van der Waals surface area (Å²) in [4.78, 5) is 11.1. The van der Waals surface area contributed by atoms with Gasteiger partial charge in [-0.25, -0.2) is 0 Å². The highest BCUT2D eigenvalue weighted by atomic mass is 16.1. The zero-order valence-electron chi connectivity index (χ0n) is 10.0. The molecule has 2 rings (SSSR count). The fourth-order valence-corrected chi connectivity index (χ4v) is 2.30. The molecule has 0 aliphatic carbocycles. The smallest absolute Gasteiger partial charge is 0.150 e. The van der Waals surface area contributed by atoms with Crippen molar-refractivity contribution in [3.05, 3.63) is 34.4 Å². The van der Waals surface area contributed by atoms with E-state index in [1.165, 1.54) is 16.7 Å². The summed E-state index contributed by atoms with van der Waals surface area (Å²) in [7, 11) is 0. The normalized spacial score (nSPS) is 15.9. The standard InChI is InChI=1S/C14H19NO/c1-3-10-5-12(13-7-15-8-13)6-11(4-2)14(10)9-16/h5-6,9,13,15H,3-4,7-8H2,1-2H3. The first-order chi connectivity index (χ1) is 7.80. The summed E-state index contributed by atoms with van der Waals surface area (Å²) in [6, 6.07) is 4.43. The number of carbonyl (C=O) groups is 1. The lowest BCUT2D eigenvalue weighted by molar-refractivity contribution is 0.112. The molecule has 1 saturated heterocycles. The van der Waals surface area contributed by atoms with E-state index in [2.05, 4.69) is 31.3 Å². The summed E-state index contributed by atoms with van der Waals surface area (Å²) in [5.41, 5.74) is 4.73. The minimum atomic E-state index is 0.649. The molecule has 0 aromatic heterocycles. The summed E-state index contributed by atoms with van der Waals surface area (Å²) >= 11 is 0. The van der Waals surface area contributed by atoms with Crippen LogP contribution in [0.2, 0.25) is 0 Å². The molecule has 1 N–H and O–H groups in total. The lowest BCUT2D eigenvalue weighted by atomic mass is 9.87. The van der Waals surface area contributed by atoms with Crippen molar-refractivity contribution < 1.29 is 4.79 Å². The molecule has 0 saturated carbocycles. The molecule has 0 radical (unpaired) electrons. The maximum absolute atomic E-state index is 11.1. The van der Waals surface area contributed by atoms with Crippen molar-refractivity contribution in [2.75, 3.05) is 13.1 Å². The number of aryl methyl sites for hydroxylation is 2. The second-order valence-corrected chi connectivity index (χ2v) is 4.43. The third-order valence-electron chi connectivity index (χ3n) is 3.51. The monoisotopic (exact) mass is 217 g/mol. The Balaban J connectivity index is 2.44. The topological polar surface area (TPSA) is 29.1 Å². The summed E-state index contributed by atoms with van der Waals surface area (Å²) in [6.07, 6.45) is 2.89. The predicted octanol–water partition coefficient (Wildman–Crippen LogP) is 2.31. The quantitative estimate of drug-likeness (QED) is 0.784. The number of hydrogen-bond donors (Lipinski definition) is 1. The lowest BCUT2D eigenvalue weighted by Gasteiger charge is -2.28. The van der Waals surface area contributed by atoms with Crippen LogP contribution in [0.25, 0.3) is 0 Å². The van der Waals surface area contributed by atoms with Gasteiger partial charge in [0.15, 0.2) is 6.29 Å². The number of benzene rings is 1. The Bertz CT molecular complexity index is 369. The van der Waals surface area contributed by atoms with E-state index >= 15 is 0 Å². The van der Waals surface area contributed by atoms with Crippen LogP contribution in [-0.4, -0.2) is 19.4 Å². The van der Waals surface area contributed by atoms with Gasteiger partial charge in [0.1, 0.15) is 0 Å². The highest BCUT2D eigenvalue weighted by molar-refractivity contribution is 5.80. The second-order valence-electron chi connectivity index (χ2n) is 4.43. The first-order valence-electron chi connectivity index (χ1n) is 6.11. The Kier molecular flexibility index (Phi) is 3.39. The van der Waals surface area contributed by atoms with Gasteiger partial charge in [0.2, 0.25) is 0 Å². The van der Waals surface area contributed by atoms with Crippen LogP contribution in [0, 0.1) is 0 Å². The molecule has 1 aromatic carbocycles. The predicted molar refractivity (Wildman–Crippen MR) is 66.2 cm³/mol. The van der Waals surface area contributed by atoms with Crippen LogP contribution in [0.1, 0.15) is 46.8 Å². The minimum absolute atomic E-state index is 0.649. The molecule has 2 heteroatoms. The Hall–Kier alpha value is -1.15. The van der Waals surface area contributed by atoms with Gasteiger partial charge in [-0.15, -0.1) is 0 Å². The van der Waals surface area contributed by atoms with Crippen LogP contribution in [-0.2, 0) is 12.8 Å². The molecule has 0 amide bonds. The Morgan fingerprint density at radius 3 is 2.12 bits per heavy atom. The van der Waals surface area contributed by atoms with E-state index in [-0.39, 0.29) is 0 Å². The van der Waals surface area contributed by atoms with Crippen LogP contribution < -0.4 is 5.32 Å². The van der Waals surface area contributed by atoms with Crippen molar-refractivity contribution in [2.24, 2.45) is 0 Å². The Labute approximate surface area is 97.1 Å². The maximum Gasteiger partial charge on any atom is 0.150 e. The second kappa shape index (κ2) is 4.79. The first-order valence-corrected chi connectivity index (χ1v) is 6.11. The van der Waals surface area contributed by atoms with E-state index in [4.69, 9.17) is 0 Å². The molecule has 0 unspecified atom stereocenters. The third kappa shape index (κ3) is 1.90. The molecule has 0 atom stereocenters. The molecule has 1 heterocycles. The lowest BCUT2D eigenvalue weighted by Crippen LogP contribution is -2.40. The maximum atomic E-state index is 11.1. The highest BCUT2D eigenvalue weighted by Crippen LogP contribution is 2.25. The Morgan fingerprint density at radius 1 is 1.25 bits per heavy atom. The minimum Gasteiger partial charge on any atom is -0.315 e. The van der Waals surface area contributed by atoms with Gasteiger partial charge in [0.05, 0.1) is 0 Å². The molecule has 0 bridgehead atoms. The van der Waals surface area contributed by atoms with Gasteiger partial charge in [-0.05, 0) is 29.5 Å². The van der Waals surface area contributed by atoms with Crippen molar-refractivity contribution in [1.29, 1.82) is 0 Å². The summed E-state index contributed by atoms with van der Waals surface area (Å²) in [6.45, 7) is 6.38. The number of aldehydes is 1. The van der Waals surface area contributed by atoms with Crippen molar-refractivity contribution in [1.82, 2.24) is 5.32 Å². The van der Waals surface area contributed by atoms with E-state index < -0.39 is 0 Å². The van der Waals surface area contributed by atoms with Crippen LogP contribution in [0.4, 0.5) is 0 Å². The average Bonchev–Trinajstić information content (AvgIpc) is 2.25. The van der Waals surface area contributed by atoms with Gasteiger partial charge in [-0.1, -0.05) is 26.0 Å². The number of hydrogen-bond acceptors (Lipinski definition) is 2. The summed E-state index contributed by atoms with van der Waals surface area (Å²) < 4.78 is 0. The molecule has 1 fully saturated rings. The van der Waals surface area contributed by atoms with Gasteiger partial charge in [-0.2, -0.15) is 0 Å². The number of nitrogens with one attached hydrogen (secondary N) is 1. The van der Waals surface area contributed by atoms with Crippen LogP contribution in [0.5, 0.6) is 0 Å². The molecule has 2 nitrogen and oxygen atoms in total. The molecule has 1 aromatic rings. The van der Waals surface area contributed by atoms with Crippen molar-refractivity contribution in [3.63, 3.8) is 0 Å². The van der Waals surface area contributed by atoms with E-state index in [9.17, 15) is 4.79 Å². The fourth-order valence-electron chi connectivity index (χ4n) is 2.30. The number of rotatable bonds is 4. The molecular weight excluding hydrogens is 198 g/mol. The average molecular weight is 217 g/mol. The molecule has 1 aliphatic heterocycles. The van der Waals surface area contributed by atoms with E-state index in [0.717, 1.165) is 37.8 Å². The molecule has 0 spiro atoms. The molecule has 1 aliphatic rings. The van der Waals surface area contributed by atoms with Gasteiger partial charge >= 0.3 is 0 Å². The third-order valence-corrected chi connectivity index (χ3v) is 3.51. The van der Waals surface area contributed by atoms with Gasteiger partial charge in [0.25, 0.3) is 0 Å². The largest absolute Gasteiger partial charge is 0.315 e. The van der Waals surface area contributed by atoms with Crippen molar-refractivity contribution >= 4 is 6.29 Å². The van der Waals surface area contributed by atoms with Gasteiger partial charge in [-0.3, -0.25) is 4.79 Å². The summed E-state index contributed by atoms with van der Waals surface area (Å²) in [5, 5.41) is 3.29. The number of carbonyl (C=O) groups excluding carboxylic acids is 1. The van der Waals surface area contributed by atoms with Crippen LogP contribution >= 0.6 is 0 Å². The Morgan fingerprint density at radius 2 is 1.81 bits per heavy atom. The van der Waals surface area contributed by atoms with Gasteiger partial charge in [0, 0.05) is 24.6 Å². The van der Waals surface area contributed by atoms with Crippen LogP contribution in [0.15, 0.2) is 12.1 Å². The van der Waals surface area contributed by atoms with Crippen molar-refractivity contribution in [2.45, 2.75) is 32.6 Å². The van der Waals surface area contributed by atoms with Gasteiger partial charge < -0.3 is 5.32 Å².